The molecule has 5 heteroatoms. The van der Waals surface area contributed by atoms with Crippen LogP contribution in [0.15, 0.2) is 30.3 Å². The maximum Gasteiger partial charge on any atom is 0.494 e. The van der Waals surface area contributed by atoms with Crippen LogP contribution in [0.5, 0.6) is 5.88 Å². The van der Waals surface area contributed by atoms with Crippen LogP contribution in [0.25, 0.3) is 10.9 Å². The maximum absolute atomic E-state index is 6.08. The summed E-state index contributed by atoms with van der Waals surface area (Å²) >= 11 is 0. The van der Waals surface area contributed by atoms with Crippen molar-refractivity contribution in [3.05, 3.63) is 30.3 Å². The molecule has 0 bridgehead atoms. The maximum atomic E-state index is 6.08. The Balaban J connectivity index is 1.96. The molecule has 1 aliphatic heterocycles. The second-order valence-electron chi connectivity index (χ2n) is 6.39. The number of pyridine rings is 1. The third kappa shape index (κ3) is 2.41. The Labute approximate surface area is 125 Å². The number of hydrogen-bond acceptors (Lipinski definition) is 4. The molecule has 1 aliphatic rings. The van der Waals surface area contributed by atoms with Crippen LogP contribution in [0, 0.1) is 0 Å². The summed E-state index contributed by atoms with van der Waals surface area (Å²) in [6.07, 6.45) is 0. The second kappa shape index (κ2) is 4.72. The molecule has 1 aromatic carbocycles. The van der Waals surface area contributed by atoms with Crippen molar-refractivity contribution >= 4 is 23.5 Å². The molecule has 0 unspecified atom stereocenters. The van der Waals surface area contributed by atoms with Crippen molar-refractivity contribution in [1.82, 2.24) is 4.98 Å². The largest absolute Gasteiger partial charge is 0.494 e. The molecule has 2 heterocycles. The quantitative estimate of drug-likeness (QED) is 0.795. The average molecular weight is 285 g/mol. The van der Waals surface area contributed by atoms with Crippen LogP contribution in [0.2, 0.25) is 0 Å². The highest BCUT2D eigenvalue weighted by atomic mass is 16.7. The van der Waals surface area contributed by atoms with Crippen molar-refractivity contribution in [3.8, 4) is 5.88 Å². The van der Waals surface area contributed by atoms with Gasteiger partial charge in [0.1, 0.15) is 0 Å². The predicted molar refractivity (Wildman–Crippen MR) is 84.0 cm³/mol. The fraction of sp³-hybridized carbons (Fsp3) is 0.438. The van der Waals surface area contributed by atoms with Gasteiger partial charge < -0.3 is 14.0 Å². The van der Waals surface area contributed by atoms with Gasteiger partial charge in [-0.15, -0.1) is 0 Å². The van der Waals surface area contributed by atoms with Gasteiger partial charge in [0.05, 0.1) is 23.8 Å². The summed E-state index contributed by atoms with van der Waals surface area (Å²) in [4.78, 5) is 4.41. The van der Waals surface area contributed by atoms with Gasteiger partial charge >= 0.3 is 7.12 Å². The molecule has 4 nitrogen and oxygen atoms in total. The Morgan fingerprint density at radius 3 is 2.29 bits per heavy atom. The lowest BCUT2D eigenvalue weighted by atomic mass is 9.78. The third-order valence-electron chi connectivity index (χ3n) is 4.42. The Morgan fingerprint density at radius 1 is 1.00 bits per heavy atom. The molecule has 0 saturated carbocycles. The van der Waals surface area contributed by atoms with E-state index in [4.69, 9.17) is 14.0 Å². The minimum absolute atomic E-state index is 0.329. The van der Waals surface area contributed by atoms with Gasteiger partial charge in [-0.05, 0) is 45.3 Å². The molecule has 3 rings (SSSR count). The van der Waals surface area contributed by atoms with Crippen molar-refractivity contribution in [2.45, 2.75) is 38.9 Å². The molecular weight excluding hydrogens is 265 g/mol. The van der Waals surface area contributed by atoms with Gasteiger partial charge in [0.2, 0.25) is 5.88 Å². The summed E-state index contributed by atoms with van der Waals surface area (Å²) in [6.45, 7) is 8.22. The summed E-state index contributed by atoms with van der Waals surface area (Å²) in [5.41, 5.74) is 1.25. The van der Waals surface area contributed by atoms with Gasteiger partial charge in [-0.2, -0.15) is 0 Å². The lowest BCUT2D eigenvalue weighted by molar-refractivity contribution is 0.00578. The van der Waals surface area contributed by atoms with Crippen LogP contribution < -0.4 is 10.2 Å². The number of rotatable bonds is 2. The zero-order valence-electron chi connectivity index (χ0n) is 13.1. The van der Waals surface area contributed by atoms with Crippen LogP contribution in [-0.2, 0) is 9.31 Å². The van der Waals surface area contributed by atoms with Gasteiger partial charge in [0.25, 0.3) is 0 Å². The molecule has 0 spiro atoms. The minimum atomic E-state index is -0.346. The summed E-state index contributed by atoms with van der Waals surface area (Å²) in [5.74, 6) is 0.617. The Kier molecular flexibility index (Phi) is 3.22. The summed E-state index contributed by atoms with van der Waals surface area (Å²) in [6, 6.07) is 9.88. The summed E-state index contributed by atoms with van der Waals surface area (Å²) in [5, 5.41) is 1.04. The molecule has 1 fully saturated rings. The van der Waals surface area contributed by atoms with Crippen molar-refractivity contribution in [3.63, 3.8) is 0 Å². The van der Waals surface area contributed by atoms with E-state index in [0.717, 1.165) is 16.4 Å². The van der Waals surface area contributed by atoms with Gasteiger partial charge in [-0.3, -0.25) is 0 Å². The first kappa shape index (κ1) is 14.4. The van der Waals surface area contributed by atoms with Gasteiger partial charge in [-0.25, -0.2) is 4.98 Å². The number of methoxy groups -OCH3 is 1. The average Bonchev–Trinajstić information content (AvgIpc) is 2.66. The molecule has 0 amide bonds. The first-order valence-corrected chi connectivity index (χ1v) is 7.13. The SMILES string of the molecule is COc1ccc2cc(B3OC(C)(C)C(C)(C)O3)ccc2n1. The number of ether oxygens (including phenoxy) is 1. The molecule has 2 aromatic rings. The molecule has 0 radical (unpaired) electrons. The van der Waals surface area contributed by atoms with Crippen LogP contribution in [0.4, 0.5) is 0 Å². The molecule has 0 atom stereocenters. The molecule has 0 N–H and O–H groups in total. The van der Waals surface area contributed by atoms with Crippen molar-refractivity contribution in [2.24, 2.45) is 0 Å². The zero-order valence-corrected chi connectivity index (χ0v) is 13.1. The van der Waals surface area contributed by atoms with E-state index in [2.05, 4.69) is 38.7 Å². The predicted octanol–water partition coefficient (Wildman–Crippen LogP) is 2.54. The first-order valence-electron chi connectivity index (χ1n) is 7.13. The van der Waals surface area contributed by atoms with E-state index in [1.807, 2.05) is 24.3 Å². The molecule has 110 valence electrons. The normalized spacial score (nSPS) is 20.0. The Hall–Kier alpha value is -1.59. The van der Waals surface area contributed by atoms with Crippen LogP contribution in [-0.4, -0.2) is 30.4 Å². The van der Waals surface area contributed by atoms with Crippen LogP contribution >= 0.6 is 0 Å². The van der Waals surface area contributed by atoms with Gasteiger partial charge in [-0.1, -0.05) is 12.1 Å². The number of fused-ring (bicyclic) bond motifs is 1. The monoisotopic (exact) mass is 285 g/mol. The standard InChI is InChI=1S/C16H20BNO3/c1-15(2)16(3,4)21-17(20-15)12-7-8-13-11(10-12)6-9-14(18-13)19-5/h6-10H,1-5H3. The van der Waals surface area contributed by atoms with E-state index >= 15 is 0 Å². The van der Waals surface area contributed by atoms with Crippen molar-refractivity contribution in [2.75, 3.05) is 7.11 Å². The van der Waals surface area contributed by atoms with E-state index in [-0.39, 0.29) is 18.3 Å². The summed E-state index contributed by atoms with van der Waals surface area (Å²) < 4.78 is 17.3. The number of aromatic nitrogens is 1. The first-order chi connectivity index (χ1) is 9.82. The molecule has 0 aliphatic carbocycles. The van der Waals surface area contributed by atoms with Crippen LogP contribution in [0.3, 0.4) is 0 Å². The highest BCUT2D eigenvalue weighted by Gasteiger charge is 2.51. The highest BCUT2D eigenvalue weighted by molar-refractivity contribution is 6.62. The van der Waals surface area contributed by atoms with Gasteiger partial charge in [0.15, 0.2) is 0 Å². The number of hydrogen-bond donors (Lipinski definition) is 0. The lowest BCUT2D eigenvalue weighted by Gasteiger charge is -2.32. The smallest absolute Gasteiger partial charge is 0.481 e. The molecule has 21 heavy (non-hydrogen) atoms. The van der Waals surface area contributed by atoms with E-state index in [9.17, 15) is 0 Å². The third-order valence-corrected chi connectivity index (χ3v) is 4.42. The van der Waals surface area contributed by atoms with Crippen LogP contribution in [0.1, 0.15) is 27.7 Å². The van der Waals surface area contributed by atoms with Gasteiger partial charge in [0, 0.05) is 11.5 Å². The fourth-order valence-electron chi connectivity index (χ4n) is 2.36. The fourth-order valence-corrected chi connectivity index (χ4v) is 2.36. The van der Waals surface area contributed by atoms with Crippen molar-refractivity contribution in [1.29, 1.82) is 0 Å². The molecule has 1 saturated heterocycles. The molecule has 1 aromatic heterocycles. The summed E-state index contributed by atoms with van der Waals surface area (Å²) in [7, 11) is 1.27. The van der Waals surface area contributed by atoms with E-state index in [1.165, 1.54) is 0 Å². The topological polar surface area (TPSA) is 40.6 Å². The highest BCUT2D eigenvalue weighted by Crippen LogP contribution is 2.36. The second-order valence-corrected chi connectivity index (χ2v) is 6.39. The Bertz CT molecular complexity index is 668. The van der Waals surface area contributed by atoms with Crippen molar-refractivity contribution < 1.29 is 14.0 Å². The zero-order chi connectivity index (χ0) is 15.3. The number of benzene rings is 1. The number of nitrogens with zero attached hydrogens (tertiary/aromatic N) is 1. The van der Waals surface area contributed by atoms with E-state index < -0.39 is 0 Å². The molecular formula is C16H20BNO3. The van der Waals surface area contributed by atoms with E-state index in [1.54, 1.807) is 7.11 Å². The minimum Gasteiger partial charge on any atom is -0.481 e. The lowest BCUT2D eigenvalue weighted by Crippen LogP contribution is -2.41. The van der Waals surface area contributed by atoms with E-state index in [0.29, 0.717) is 5.88 Å². The Morgan fingerprint density at radius 2 is 1.67 bits per heavy atom.